The average Bonchev–Trinajstić information content (AvgIpc) is 3.40. The van der Waals surface area contributed by atoms with Crippen LogP contribution in [0.25, 0.3) is 11.0 Å². The number of likely N-dealkylation sites (tertiary alicyclic amines) is 1. The first-order chi connectivity index (χ1) is 15.6. The van der Waals surface area contributed by atoms with Crippen LogP contribution in [-0.4, -0.2) is 65.2 Å². The molecule has 2 aromatic rings. The molecule has 1 saturated heterocycles. The fraction of sp³-hybridized carbons (Fsp3) is 0.625. The van der Waals surface area contributed by atoms with Crippen molar-refractivity contribution in [1.82, 2.24) is 14.5 Å². The van der Waals surface area contributed by atoms with Gasteiger partial charge in [-0.05, 0) is 37.8 Å². The molecule has 1 atom stereocenters. The lowest BCUT2D eigenvalue weighted by Gasteiger charge is -2.32. The van der Waals surface area contributed by atoms with Crippen LogP contribution in [0.3, 0.4) is 0 Å². The van der Waals surface area contributed by atoms with Crippen LogP contribution in [0.2, 0.25) is 25.7 Å². The molecule has 2 N–H and O–H groups in total. The highest BCUT2D eigenvalue weighted by atomic mass is 28.3. The third kappa shape index (κ3) is 5.41. The topological polar surface area (TPSA) is 96.7 Å². The number of nitrogens with one attached hydrogen (secondary N) is 1. The number of hydrogen-bond donors (Lipinski definition) is 2. The number of aromatic nitrogens is 2. The summed E-state index contributed by atoms with van der Waals surface area (Å²) in [5.41, 5.74) is 1.95. The van der Waals surface area contributed by atoms with E-state index in [1.54, 1.807) is 6.20 Å². The number of pyridine rings is 1. The zero-order valence-corrected chi connectivity index (χ0v) is 21.2. The number of ketones is 1. The van der Waals surface area contributed by atoms with Crippen LogP contribution in [0.4, 0.5) is 10.5 Å². The second-order valence-corrected chi connectivity index (χ2v) is 16.6. The molecule has 0 radical (unpaired) electrons. The number of carbonyl (C=O) groups is 2. The molecule has 1 amide bonds. The number of amides is 1. The maximum absolute atomic E-state index is 13.4. The molecule has 1 unspecified atom stereocenters. The van der Waals surface area contributed by atoms with Crippen LogP contribution in [-0.2, 0) is 11.5 Å². The van der Waals surface area contributed by atoms with Gasteiger partial charge in [0, 0.05) is 62.9 Å². The van der Waals surface area contributed by atoms with Crippen LogP contribution < -0.4 is 5.32 Å². The van der Waals surface area contributed by atoms with Crippen molar-refractivity contribution >= 4 is 36.7 Å². The van der Waals surface area contributed by atoms with Crippen molar-refractivity contribution in [3.8, 4) is 0 Å². The van der Waals surface area contributed by atoms with Crippen LogP contribution in [0.1, 0.15) is 43.0 Å². The van der Waals surface area contributed by atoms with E-state index in [2.05, 4.69) is 29.9 Å². The minimum absolute atomic E-state index is 0.00346. The van der Waals surface area contributed by atoms with E-state index in [9.17, 15) is 14.7 Å². The van der Waals surface area contributed by atoms with Gasteiger partial charge in [-0.3, -0.25) is 4.79 Å². The Bertz CT molecular complexity index is 1040. The number of carbonyl (C=O) groups excluding carboxylic acids is 1. The fourth-order valence-electron chi connectivity index (χ4n) is 4.38. The lowest BCUT2D eigenvalue weighted by atomic mass is 9.96. The van der Waals surface area contributed by atoms with Crippen molar-refractivity contribution in [2.24, 2.45) is 5.41 Å². The molecule has 2 aliphatic rings. The van der Waals surface area contributed by atoms with Gasteiger partial charge in [0.25, 0.3) is 0 Å². The number of nitrogens with zero attached hydrogens (tertiary/aromatic N) is 3. The number of ether oxygens (including phenoxy) is 1. The minimum atomic E-state index is -1.19. The number of fused-ring (bicyclic) bond motifs is 1. The predicted octanol–water partition coefficient (Wildman–Crippen LogP) is 4.89. The van der Waals surface area contributed by atoms with Crippen molar-refractivity contribution in [2.45, 2.75) is 71.1 Å². The van der Waals surface area contributed by atoms with E-state index in [1.165, 1.54) is 4.90 Å². The highest BCUT2D eigenvalue weighted by Crippen LogP contribution is 2.49. The highest BCUT2D eigenvalue weighted by Gasteiger charge is 2.46. The summed E-state index contributed by atoms with van der Waals surface area (Å²) < 4.78 is 7.92. The molecule has 3 heterocycles. The smallest absolute Gasteiger partial charge is 0.407 e. The first-order valence-corrected chi connectivity index (χ1v) is 15.6. The van der Waals surface area contributed by atoms with Gasteiger partial charge in [0.1, 0.15) is 12.4 Å². The maximum atomic E-state index is 13.4. The summed E-state index contributed by atoms with van der Waals surface area (Å²) in [4.78, 5) is 30.9. The predicted molar refractivity (Wildman–Crippen MR) is 132 cm³/mol. The van der Waals surface area contributed by atoms with Crippen molar-refractivity contribution in [1.29, 1.82) is 0 Å². The van der Waals surface area contributed by atoms with E-state index in [0.29, 0.717) is 32.0 Å². The molecule has 0 aromatic carbocycles. The Hall–Kier alpha value is -2.39. The van der Waals surface area contributed by atoms with Gasteiger partial charge < -0.3 is 24.6 Å². The Kier molecular flexibility index (Phi) is 6.55. The summed E-state index contributed by atoms with van der Waals surface area (Å²) in [6, 6.07) is 2.97. The van der Waals surface area contributed by atoms with E-state index >= 15 is 0 Å². The first kappa shape index (κ1) is 23.8. The van der Waals surface area contributed by atoms with Gasteiger partial charge in [-0.2, -0.15) is 0 Å². The van der Waals surface area contributed by atoms with E-state index in [-0.39, 0.29) is 17.2 Å². The number of hydrogen-bond acceptors (Lipinski definition) is 5. The van der Waals surface area contributed by atoms with E-state index in [1.807, 2.05) is 23.8 Å². The summed E-state index contributed by atoms with van der Waals surface area (Å²) in [6.45, 7) is 11.0. The number of piperidine rings is 1. The van der Waals surface area contributed by atoms with Crippen molar-refractivity contribution in [3.63, 3.8) is 0 Å². The first-order valence-electron chi connectivity index (χ1n) is 11.9. The molecular formula is C24H36N4O4Si. The molecule has 9 heteroatoms. The van der Waals surface area contributed by atoms with E-state index in [4.69, 9.17) is 4.74 Å². The van der Waals surface area contributed by atoms with Crippen LogP contribution in [0.15, 0.2) is 18.5 Å². The van der Waals surface area contributed by atoms with Gasteiger partial charge in [0.05, 0.1) is 5.39 Å². The van der Waals surface area contributed by atoms with E-state index in [0.717, 1.165) is 48.4 Å². The van der Waals surface area contributed by atoms with Gasteiger partial charge >= 0.3 is 6.09 Å². The lowest BCUT2D eigenvalue weighted by molar-refractivity contribution is 0.0883. The summed E-state index contributed by atoms with van der Waals surface area (Å²) in [5.74, 6) is 0.153. The molecule has 1 saturated carbocycles. The largest absolute Gasteiger partial charge is 0.465 e. The Morgan fingerprint density at radius 2 is 2.09 bits per heavy atom. The SMILES string of the molecule is CC1(C(=O)c2cn(COCC[Si](C)(C)C)c3nccc(NC4CCCN(C(=O)O)C4)c23)CC1. The average molecular weight is 473 g/mol. The lowest BCUT2D eigenvalue weighted by Crippen LogP contribution is -2.44. The Balaban J connectivity index is 1.62. The van der Waals surface area contributed by atoms with Crippen molar-refractivity contribution in [2.75, 3.05) is 25.0 Å². The van der Waals surface area contributed by atoms with Gasteiger partial charge in [0.15, 0.2) is 5.78 Å². The number of anilines is 1. The zero-order valence-electron chi connectivity index (χ0n) is 20.2. The fourth-order valence-corrected chi connectivity index (χ4v) is 5.13. The number of Topliss-reactive ketones (excluding diaryl/α,β-unsaturated/α-hetero) is 1. The van der Waals surface area contributed by atoms with Crippen LogP contribution in [0, 0.1) is 5.41 Å². The molecule has 2 aromatic heterocycles. The third-order valence-corrected chi connectivity index (χ3v) is 8.53. The van der Waals surface area contributed by atoms with Crippen molar-refractivity contribution in [3.05, 3.63) is 24.0 Å². The van der Waals surface area contributed by atoms with Crippen LogP contribution >= 0.6 is 0 Å². The Morgan fingerprint density at radius 3 is 2.76 bits per heavy atom. The molecular weight excluding hydrogens is 436 g/mol. The monoisotopic (exact) mass is 472 g/mol. The Morgan fingerprint density at radius 1 is 1.33 bits per heavy atom. The molecule has 8 nitrogen and oxygen atoms in total. The standard InChI is InChI=1S/C24H36N4O4Si/c1-24(8-9-24)21(29)18-15-28(16-32-12-13-33(2,3)4)22-20(18)19(7-10-25-22)26-17-6-5-11-27(14-17)23(30)31/h7,10,15,17H,5-6,8-9,11-14,16H2,1-4H3,(H,25,26)(H,30,31). The Labute approximate surface area is 196 Å². The second-order valence-electron chi connectivity index (χ2n) is 11.0. The molecule has 1 aliphatic carbocycles. The molecule has 180 valence electrons. The maximum Gasteiger partial charge on any atom is 0.407 e. The molecule has 0 bridgehead atoms. The molecule has 2 fully saturated rings. The molecule has 4 rings (SSSR count). The third-order valence-electron chi connectivity index (χ3n) is 6.83. The number of rotatable bonds is 9. The van der Waals surface area contributed by atoms with Gasteiger partial charge in [0.2, 0.25) is 0 Å². The number of carboxylic acid groups (broad SMARTS) is 1. The summed E-state index contributed by atoms with van der Waals surface area (Å²) >= 11 is 0. The minimum Gasteiger partial charge on any atom is -0.465 e. The van der Waals surface area contributed by atoms with Crippen molar-refractivity contribution < 1.29 is 19.4 Å². The zero-order chi connectivity index (χ0) is 23.8. The highest BCUT2D eigenvalue weighted by molar-refractivity contribution is 6.76. The van der Waals surface area contributed by atoms with E-state index < -0.39 is 14.2 Å². The summed E-state index contributed by atoms with van der Waals surface area (Å²) in [5, 5.41) is 13.7. The molecule has 1 aliphatic heterocycles. The second kappa shape index (κ2) is 9.10. The van der Waals surface area contributed by atoms with Gasteiger partial charge in [-0.1, -0.05) is 26.6 Å². The molecule has 0 spiro atoms. The van der Waals surface area contributed by atoms with Crippen LogP contribution in [0.5, 0.6) is 0 Å². The summed E-state index contributed by atoms with van der Waals surface area (Å²) in [6.07, 6.45) is 6.26. The van der Waals surface area contributed by atoms with Gasteiger partial charge in [-0.25, -0.2) is 9.78 Å². The quantitative estimate of drug-likeness (QED) is 0.307. The normalized spacial score (nSPS) is 20.1. The summed E-state index contributed by atoms with van der Waals surface area (Å²) in [7, 11) is -1.19. The van der Waals surface area contributed by atoms with Gasteiger partial charge in [-0.15, -0.1) is 0 Å². The molecule has 33 heavy (non-hydrogen) atoms.